The molecule has 0 spiro atoms. The van der Waals surface area contributed by atoms with Gasteiger partial charge in [-0.1, -0.05) is 0 Å². The van der Waals surface area contributed by atoms with E-state index in [0.717, 1.165) is 12.5 Å². The molecular formula is C9H12BrNS. The molecule has 0 saturated carbocycles. The van der Waals surface area contributed by atoms with Gasteiger partial charge in [-0.3, -0.25) is 0 Å². The number of thiophene rings is 1. The molecule has 2 rings (SSSR count). The number of hydrogen-bond acceptors (Lipinski definition) is 2. The maximum Gasteiger partial charge on any atom is 0.0704 e. The molecular weight excluding hydrogens is 234 g/mol. The van der Waals surface area contributed by atoms with Crippen molar-refractivity contribution >= 4 is 27.3 Å². The first-order chi connectivity index (χ1) is 5.79. The van der Waals surface area contributed by atoms with E-state index in [1.807, 2.05) is 11.3 Å². The van der Waals surface area contributed by atoms with E-state index in [0.29, 0.717) is 0 Å². The van der Waals surface area contributed by atoms with Crippen LogP contribution in [0.3, 0.4) is 0 Å². The zero-order valence-electron chi connectivity index (χ0n) is 6.85. The van der Waals surface area contributed by atoms with E-state index >= 15 is 0 Å². The molecule has 1 aromatic rings. The van der Waals surface area contributed by atoms with E-state index in [2.05, 4.69) is 22.0 Å². The third-order valence-corrected chi connectivity index (χ3v) is 4.23. The Balaban J connectivity index is 2.22. The van der Waals surface area contributed by atoms with Crippen LogP contribution in [0.2, 0.25) is 0 Å². The van der Waals surface area contributed by atoms with Crippen LogP contribution in [0.4, 0.5) is 0 Å². The van der Waals surface area contributed by atoms with Crippen LogP contribution in [0.1, 0.15) is 16.9 Å². The lowest BCUT2D eigenvalue weighted by Crippen LogP contribution is -2.20. The summed E-state index contributed by atoms with van der Waals surface area (Å²) in [6.45, 7) is 0.840. The van der Waals surface area contributed by atoms with Crippen molar-refractivity contribution in [3.63, 3.8) is 0 Å². The van der Waals surface area contributed by atoms with Crippen LogP contribution in [0.25, 0.3) is 0 Å². The van der Waals surface area contributed by atoms with Gasteiger partial charge in [0.25, 0.3) is 0 Å². The van der Waals surface area contributed by atoms with Gasteiger partial charge in [0.1, 0.15) is 0 Å². The average molecular weight is 246 g/mol. The third kappa shape index (κ3) is 1.58. The Morgan fingerprint density at radius 2 is 2.50 bits per heavy atom. The molecule has 0 amide bonds. The van der Waals surface area contributed by atoms with E-state index in [1.54, 1.807) is 4.88 Å². The smallest absolute Gasteiger partial charge is 0.0704 e. The van der Waals surface area contributed by atoms with Gasteiger partial charge in [0.05, 0.1) is 3.79 Å². The van der Waals surface area contributed by atoms with E-state index in [4.69, 9.17) is 5.73 Å². The predicted molar refractivity (Wildman–Crippen MR) is 56.6 cm³/mol. The number of rotatable bonds is 1. The Kier molecular flexibility index (Phi) is 2.53. The van der Waals surface area contributed by atoms with Gasteiger partial charge >= 0.3 is 0 Å². The van der Waals surface area contributed by atoms with Gasteiger partial charge in [0, 0.05) is 4.88 Å². The lowest BCUT2D eigenvalue weighted by Gasteiger charge is -2.19. The second-order valence-electron chi connectivity index (χ2n) is 3.34. The summed E-state index contributed by atoms with van der Waals surface area (Å²) in [6, 6.07) is 2.25. The summed E-state index contributed by atoms with van der Waals surface area (Å²) >= 11 is 5.40. The molecule has 1 nitrogen and oxygen atoms in total. The number of aryl methyl sites for hydroxylation is 1. The average Bonchev–Trinajstić information content (AvgIpc) is 2.43. The van der Waals surface area contributed by atoms with E-state index in [9.17, 15) is 0 Å². The predicted octanol–water partition coefficient (Wildman–Crippen LogP) is 2.57. The molecule has 1 aromatic heterocycles. The van der Waals surface area contributed by atoms with Crippen molar-refractivity contribution in [2.24, 2.45) is 11.7 Å². The second kappa shape index (κ2) is 3.48. The minimum atomic E-state index is 0.721. The minimum Gasteiger partial charge on any atom is -0.330 e. The highest BCUT2D eigenvalue weighted by molar-refractivity contribution is 9.11. The topological polar surface area (TPSA) is 26.0 Å². The van der Waals surface area contributed by atoms with E-state index < -0.39 is 0 Å². The van der Waals surface area contributed by atoms with Gasteiger partial charge in [-0.25, -0.2) is 0 Å². The quantitative estimate of drug-likeness (QED) is 0.809. The van der Waals surface area contributed by atoms with Gasteiger partial charge in [-0.05, 0) is 59.3 Å². The normalized spacial score (nSPS) is 22.3. The van der Waals surface area contributed by atoms with Crippen molar-refractivity contribution in [2.75, 3.05) is 6.54 Å². The van der Waals surface area contributed by atoms with Crippen LogP contribution in [0.5, 0.6) is 0 Å². The summed E-state index contributed by atoms with van der Waals surface area (Å²) in [6.07, 6.45) is 3.69. The fourth-order valence-electron chi connectivity index (χ4n) is 1.76. The van der Waals surface area contributed by atoms with Gasteiger partial charge in [0.2, 0.25) is 0 Å². The van der Waals surface area contributed by atoms with Crippen molar-refractivity contribution < 1.29 is 0 Å². The molecule has 1 unspecified atom stereocenters. The van der Waals surface area contributed by atoms with E-state index in [1.165, 1.54) is 28.6 Å². The molecule has 1 heterocycles. The lowest BCUT2D eigenvalue weighted by atomic mass is 9.89. The summed E-state index contributed by atoms with van der Waals surface area (Å²) < 4.78 is 1.27. The molecule has 0 fully saturated rings. The molecule has 66 valence electrons. The first-order valence-electron chi connectivity index (χ1n) is 4.26. The Labute approximate surface area is 85.1 Å². The van der Waals surface area contributed by atoms with Crippen molar-refractivity contribution in [3.8, 4) is 0 Å². The maximum atomic E-state index is 5.66. The summed E-state index contributed by atoms with van der Waals surface area (Å²) in [7, 11) is 0. The highest BCUT2D eigenvalue weighted by atomic mass is 79.9. The Hall–Kier alpha value is 0.140. The zero-order chi connectivity index (χ0) is 8.55. The van der Waals surface area contributed by atoms with Crippen molar-refractivity contribution in [2.45, 2.75) is 19.3 Å². The van der Waals surface area contributed by atoms with Gasteiger partial charge in [-0.2, -0.15) is 0 Å². The van der Waals surface area contributed by atoms with Gasteiger partial charge < -0.3 is 5.73 Å². The Bertz CT molecular complexity index is 282. The first kappa shape index (κ1) is 8.73. The van der Waals surface area contributed by atoms with Crippen LogP contribution < -0.4 is 5.73 Å². The monoisotopic (exact) mass is 245 g/mol. The molecule has 0 radical (unpaired) electrons. The largest absolute Gasteiger partial charge is 0.330 e. The van der Waals surface area contributed by atoms with Gasteiger partial charge in [0.15, 0.2) is 0 Å². The molecule has 3 heteroatoms. The Morgan fingerprint density at radius 3 is 3.25 bits per heavy atom. The lowest BCUT2D eigenvalue weighted by molar-refractivity contribution is 0.473. The molecule has 0 saturated heterocycles. The second-order valence-corrected chi connectivity index (χ2v) is 5.86. The molecule has 12 heavy (non-hydrogen) atoms. The summed E-state index contributed by atoms with van der Waals surface area (Å²) in [5.41, 5.74) is 7.18. The molecule has 0 bridgehead atoms. The standard InChI is InChI=1S/C9H12BrNS/c10-9-4-7-3-6(5-11)1-2-8(7)12-9/h4,6H,1-3,5,11H2. The molecule has 0 aromatic carbocycles. The third-order valence-electron chi connectivity index (χ3n) is 2.49. The number of fused-ring (bicyclic) bond motifs is 1. The number of halogens is 1. The fourth-order valence-corrected chi connectivity index (χ4v) is 3.56. The van der Waals surface area contributed by atoms with Crippen molar-refractivity contribution in [1.82, 2.24) is 0 Å². The Morgan fingerprint density at radius 1 is 1.67 bits per heavy atom. The van der Waals surface area contributed by atoms with Crippen LogP contribution in [-0.2, 0) is 12.8 Å². The summed E-state index contributed by atoms with van der Waals surface area (Å²) in [5.74, 6) is 0.721. The van der Waals surface area contributed by atoms with Crippen molar-refractivity contribution in [3.05, 3.63) is 20.3 Å². The maximum absolute atomic E-state index is 5.66. The summed E-state index contributed by atoms with van der Waals surface area (Å²) in [5, 5.41) is 0. The number of hydrogen-bond donors (Lipinski definition) is 1. The van der Waals surface area contributed by atoms with Crippen LogP contribution >= 0.6 is 27.3 Å². The van der Waals surface area contributed by atoms with Crippen LogP contribution in [0.15, 0.2) is 9.85 Å². The summed E-state index contributed by atoms with van der Waals surface area (Å²) in [4.78, 5) is 1.56. The van der Waals surface area contributed by atoms with E-state index in [-0.39, 0.29) is 0 Å². The van der Waals surface area contributed by atoms with Crippen molar-refractivity contribution in [1.29, 1.82) is 0 Å². The van der Waals surface area contributed by atoms with Gasteiger partial charge in [-0.15, -0.1) is 11.3 Å². The molecule has 1 aliphatic rings. The first-order valence-corrected chi connectivity index (χ1v) is 5.87. The molecule has 0 aliphatic heterocycles. The highest BCUT2D eigenvalue weighted by Gasteiger charge is 2.19. The molecule has 1 aliphatic carbocycles. The highest BCUT2D eigenvalue weighted by Crippen LogP contribution is 2.34. The molecule has 1 atom stereocenters. The SMILES string of the molecule is NCC1CCc2sc(Br)cc2C1. The molecule has 2 N–H and O–H groups in total. The minimum absolute atomic E-state index is 0.721. The zero-order valence-corrected chi connectivity index (χ0v) is 9.25. The van der Waals surface area contributed by atoms with Crippen LogP contribution in [-0.4, -0.2) is 6.54 Å². The fraction of sp³-hybridized carbons (Fsp3) is 0.556. The van der Waals surface area contributed by atoms with Crippen LogP contribution in [0, 0.1) is 5.92 Å². The number of nitrogens with two attached hydrogens (primary N) is 1.